The lowest BCUT2D eigenvalue weighted by molar-refractivity contribution is -0.384. The first kappa shape index (κ1) is 14.3. The van der Waals surface area contributed by atoms with Crippen LogP contribution >= 0.6 is 0 Å². The highest BCUT2D eigenvalue weighted by molar-refractivity contribution is 5.89. The first-order valence-corrected chi connectivity index (χ1v) is 6.67. The van der Waals surface area contributed by atoms with E-state index in [0.29, 0.717) is 17.5 Å². The van der Waals surface area contributed by atoms with Crippen molar-refractivity contribution in [1.82, 2.24) is 0 Å². The number of anilines is 1. The number of aromatic carboxylic acids is 1. The molecule has 20 heavy (non-hydrogen) atoms. The first-order valence-electron chi connectivity index (χ1n) is 6.67. The molecule has 108 valence electrons. The molecule has 0 amide bonds. The van der Waals surface area contributed by atoms with Crippen molar-refractivity contribution < 1.29 is 14.8 Å². The molecule has 0 aromatic heterocycles. The maximum atomic E-state index is 11.2. The topological polar surface area (TPSA) is 83.7 Å². The normalized spacial score (nSPS) is 22.6. The van der Waals surface area contributed by atoms with Crippen LogP contribution in [0.1, 0.15) is 30.6 Å². The predicted molar refractivity (Wildman–Crippen MR) is 75.2 cm³/mol. The number of carboxylic acids is 1. The summed E-state index contributed by atoms with van der Waals surface area (Å²) in [5.74, 6) is -0.0913. The third kappa shape index (κ3) is 2.74. The molecule has 2 atom stereocenters. The van der Waals surface area contributed by atoms with Gasteiger partial charge in [-0.25, -0.2) is 4.79 Å². The van der Waals surface area contributed by atoms with Gasteiger partial charge in [0, 0.05) is 19.2 Å². The van der Waals surface area contributed by atoms with Gasteiger partial charge in [-0.15, -0.1) is 0 Å². The third-order valence-electron chi connectivity index (χ3n) is 4.09. The van der Waals surface area contributed by atoms with Crippen molar-refractivity contribution in [2.45, 2.75) is 20.3 Å². The van der Waals surface area contributed by atoms with Crippen LogP contribution < -0.4 is 4.90 Å². The molecule has 1 aliphatic heterocycles. The minimum absolute atomic E-state index is 0.0566. The summed E-state index contributed by atoms with van der Waals surface area (Å²) < 4.78 is 0. The second kappa shape index (κ2) is 5.48. The summed E-state index contributed by atoms with van der Waals surface area (Å²) in [6.07, 6.45) is 0.985. The van der Waals surface area contributed by atoms with E-state index in [1.54, 1.807) is 6.07 Å². The number of nitro benzene ring substituents is 1. The Balaban J connectivity index is 2.36. The van der Waals surface area contributed by atoms with Gasteiger partial charge < -0.3 is 10.0 Å². The van der Waals surface area contributed by atoms with Gasteiger partial charge >= 0.3 is 5.97 Å². The van der Waals surface area contributed by atoms with Crippen LogP contribution in [0.4, 0.5) is 11.4 Å². The molecule has 0 saturated carbocycles. The van der Waals surface area contributed by atoms with Gasteiger partial charge in [-0.2, -0.15) is 0 Å². The Morgan fingerprint density at radius 3 is 2.65 bits per heavy atom. The van der Waals surface area contributed by atoms with Crippen molar-refractivity contribution in [3.8, 4) is 0 Å². The third-order valence-corrected chi connectivity index (χ3v) is 4.09. The number of benzene rings is 1. The van der Waals surface area contributed by atoms with Crippen LogP contribution in [-0.4, -0.2) is 29.1 Å². The zero-order valence-corrected chi connectivity index (χ0v) is 11.6. The highest BCUT2D eigenvalue weighted by Crippen LogP contribution is 2.33. The van der Waals surface area contributed by atoms with Crippen LogP contribution in [-0.2, 0) is 0 Å². The monoisotopic (exact) mass is 278 g/mol. The summed E-state index contributed by atoms with van der Waals surface area (Å²) >= 11 is 0. The molecule has 6 heteroatoms. The molecule has 1 aromatic carbocycles. The fourth-order valence-corrected chi connectivity index (χ4v) is 2.55. The van der Waals surface area contributed by atoms with Crippen LogP contribution in [0.2, 0.25) is 0 Å². The Hall–Kier alpha value is -2.11. The van der Waals surface area contributed by atoms with Gasteiger partial charge in [-0.1, -0.05) is 13.8 Å². The van der Waals surface area contributed by atoms with Crippen molar-refractivity contribution in [1.29, 1.82) is 0 Å². The molecule has 0 radical (unpaired) electrons. The number of hydrogen-bond acceptors (Lipinski definition) is 4. The number of nitro groups is 1. The first-order chi connectivity index (χ1) is 9.40. The second-order valence-electron chi connectivity index (χ2n) is 5.46. The molecule has 1 fully saturated rings. The van der Waals surface area contributed by atoms with E-state index >= 15 is 0 Å². The number of carbonyl (C=O) groups is 1. The standard InChI is InChI=1S/C14H18N2O4/c1-9-5-6-15(8-10(9)2)12-4-3-11(14(17)18)7-13(12)16(19)20/h3-4,7,9-10H,5-6,8H2,1-2H3,(H,17,18). The van der Waals surface area contributed by atoms with Gasteiger partial charge in [-0.05, 0) is 30.4 Å². The quantitative estimate of drug-likeness (QED) is 0.679. The Labute approximate surface area is 117 Å². The Morgan fingerprint density at radius 1 is 1.40 bits per heavy atom. The van der Waals surface area contributed by atoms with E-state index in [9.17, 15) is 14.9 Å². The Morgan fingerprint density at radius 2 is 2.10 bits per heavy atom. The van der Waals surface area contributed by atoms with Crippen LogP contribution in [0, 0.1) is 22.0 Å². The maximum absolute atomic E-state index is 11.2. The molecule has 2 rings (SSSR count). The average molecular weight is 278 g/mol. The minimum Gasteiger partial charge on any atom is -0.478 e. The fourth-order valence-electron chi connectivity index (χ4n) is 2.55. The van der Waals surface area contributed by atoms with Crippen LogP contribution in [0.15, 0.2) is 18.2 Å². The largest absolute Gasteiger partial charge is 0.478 e. The van der Waals surface area contributed by atoms with Crippen molar-refractivity contribution in [3.63, 3.8) is 0 Å². The summed E-state index contributed by atoms with van der Waals surface area (Å²) in [6, 6.07) is 4.11. The highest BCUT2D eigenvalue weighted by Gasteiger charge is 2.27. The van der Waals surface area contributed by atoms with E-state index in [1.807, 2.05) is 4.90 Å². The average Bonchev–Trinajstić information content (AvgIpc) is 2.41. The van der Waals surface area contributed by atoms with Gasteiger partial charge in [0.15, 0.2) is 0 Å². The summed E-state index contributed by atoms with van der Waals surface area (Å²) in [4.78, 5) is 23.6. The summed E-state index contributed by atoms with van der Waals surface area (Å²) in [6.45, 7) is 5.84. The van der Waals surface area contributed by atoms with E-state index in [2.05, 4.69) is 13.8 Å². The van der Waals surface area contributed by atoms with E-state index in [1.165, 1.54) is 6.07 Å². The van der Waals surface area contributed by atoms with Crippen LogP contribution in [0.3, 0.4) is 0 Å². The van der Waals surface area contributed by atoms with Crippen LogP contribution in [0.25, 0.3) is 0 Å². The smallest absolute Gasteiger partial charge is 0.335 e. The van der Waals surface area contributed by atoms with Gasteiger partial charge in [0.1, 0.15) is 5.69 Å². The molecule has 1 N–H and O–H groups in total. The minimum atomic E-state index is -1.15. The predicted octanol–water partition coefficient (Wildman–Crippen LogP) is 2.78. The van der Waals surface area contributed by atoms with Crippen molar-refractivity contribution >= 4 is 17.3 Å². The molecule has 1 aromatic rings. The van der Waals surface area contributed by atoms with E-state index in [4.69, 9.17) is 5.11 Å². The Bertz CT molecular complexity index is 544. The number of piperidine rings is 1. The molecule has 6 nitrogen and oxygen atoms in total. The molecule has 0 bridgehead atoms. The summed E-state index contributed by atoms with van der Waals surface area (Å²) in [7, 11) is 0. The molecule has 2 unspecified atom stereocenters. The lowest BCUT2D eigenvalue weighted by atomic mass is 9.88. The van der Waals surface area contributed by atoms with E-state index in [0.717, 1.165) is 25.6 Å². The fraction of sp³-hybridized carbons (Fsp3) is 0.500. The lowest BCUT2D eigenvalue weighted by Gasteiger charge is -2.36. The van der Waals surface area contributed by atoms with Crippen LogP contribution in [0.5, 0.6) is 0 Å². The second-order valence-corrected chi connectivity index (χ2v) is 5.46. The number of rotatable bonds is 3. The van der Waals surface area contributed by atoms with Gasteiger partial charge in [0.2, 0.25) is 0 Å². The van der Waals surface area contributed by atoms with Crippen molar-refractivity contribution in [2.75, 3.05) is 18.0 Å². The van der Waals surface area contributed by atoms with Crippen molar-refractivity contribution in [2.24, 2.45) is 11.8 Å². The molecule has 1 saturated heterocycles. The van der Waals surface area contributed by atoms with Gasteiger partial charge in [0.05, 0.1) is 10.5 Å². The van der Waals surface area contributed by atoms with E-state index in [-0.39, 0.29) is 11.3 Å². The molecule has 0 aliphatic carbocycles. The lowest BCUT2D eigenvalue weighted by Crippen LogP contribution is -2.38. The van der Waals surface area contributed by atoms with Gasteiger partial charge in [0.25, 0.3) is 5.69 Å². The van der Waals surface area contributed by atoms with E-state index < -0.39 is 10.9 Å². The zero-order chi connectivity index (χ0) is 14.9. The van der Waals surface area contributed by atoms with Crippen molar-refractivity contribution in [3.05, 3.63) is 33.9 Å². The highest BCUT2D eigenvalue weighted by atomic mass is 16.6. The zero-order valence-electron chi connectivity index (χ0n) is 11.6. The molecule has 1 aliphatic rings. The number of hydrogen-bond donors (Lipinski definition) is 1. The van der Waals surface area contributed by atoms with Gasteiger partial charge in [-0.3, -0.25) is 10.1 Å². The summed E-state index contributed by atoms with van der Waals surface area (Å²) in [5.41, 5.74) is 0.323. The Kier molecular flexibility index (Phi) is 3.92. The maximum Gasteiger partial charge on any atom is 0.335 e. The SMILES string of the molecule is CC1CCN(c2ccc(C(=O)O)cc2[N+](=O)[O-])CC1C. The number of nitrogens with zero attached hydrogens (tertiary/aromatic N) is 2. The summed E-state index contributed by atoms with van der Waals surface area (Å²) in [5, 5.41) is 20.1. The number of carboxylic acid groups (broad SMARTS) is 1. The molecular formula is C14H18N2O4. The molecular weight excluding hydrogens is 260 g/mol. The molecule has 1 heterocycles. The molecule has 0 spiro atoms.